The first-order chi connectivity index (χ1) is 9.58. The van der Waals surface area contributed by atoms with E-state index in [1.54, 1.807) is 38.2 Å². The highest BCUT2D eigenvalue weighted by atomic mass is 16.5. The average Bonchev–Trinajstić information content (AvgIpc) is 2.45. The molecule has 5 nitrogen and oxygen atoms in total. The summed E-state index contributed by atoms with van der Waals surface area (Å²) in [6, 6.07) is 6.64. The molecule has 1 amide bonds. The van der Waals surface area contributed by atoms with Crippen LogP contribution in [0.2, 0.25) is 0 Å². The van der Waals surface area contributed by atoms with Gasteiger partial charge in [-0.05, 0) is 31.2 Å². The van der Waals surface area contributed by atoms with Crippen molar-refractivity contribution < 1.29 is 19.4 Å². The lowest BCUT2D eigenvalue weighted by Gasteiger charge is -2.16. The topological polar surface area (TPSA) is 66.8 Å². The minimum atomic E-state index is -0.436. The quantitative estimate of drug-likeness (QED) is 0.647. The molecule has 0 saturated heterocycles. The second-order valence-corrected chi connectivity index (χ2v) is 4.00. The van der Waals surface area contributed by atoms with Crippen LogP contribution in [0.3, 0.4) is 0 Å². The monoisotopic (exact) mass is 275 g/mol. The van der Waals surface area contributed by atoms with Crippen LogP contribution in [0.5, 0.6) is 0 Å². The number of benzene rings is 1. The molecule has 0 unspecified atom stereocenters. The van der Waals surface area contributed by atoms with Gasteiger partial charge in [-0.1, -0.05) is 11.8 Å². The fraction of sp³-hybridized carbons (Fsp3) is 0.333. The van der Waals surface area contributed by atoms with Gasteiger partial charge >= 0.3 is 5.97 Å². The van der Waals surface area contributed by atoms with Gasteiger partial charge in [-0.15, -0.1) is 0 Å². The first kappa shape index (κ1) is 15.7. The van der Waals surface area contributed by atoms with E-state index in [1.165, 1.54) is 4.90 Å². The Morgan fingerprint density at radius 1 is 1.30 bits per heavy atom. The Kier molecular flexibility index (Phi) is 6.27. The number of hydrogen-bond donors (Lipinski definition) is 1. The lowest BCUT2D eigenvalue weighted by atomic mass is 10.1. The van der Waals surface area contributed by atoms with Gasteiger partial charge in [0, 0.05) is 18.2 Å². The van der Waals surface area contributed by atoms with E-state index in [2.05, 4.69) is 11.8 Å². The second-order valence-electron chi connectivity index (χ2n) is 4.00. The van der Waals surface area contributed by atoms with Crippen molar-refractivity contribution in [3.8, 4) is 11.8 Å². The minimum Gasteiger partial charge on any atom is -0.465 e. The summed E-state index contributed by atoms with van der Waals surface area (Å²) in [4.78, 5) is 24.7. The Morgan fingerprint density at radius 2 is 1.95 bits per heavy atom. The third-order valence-corrected chi connectivity index (χ3v) is 2.46. The number of likely N-dealkylation sites (N-methyl/N-ethyl adjacent to an activating group) is 1. The van der Waals surface area contributed by atoms with Crippen molar-refractivity contribution in [1.82, 2.24) is 4.90 Å². The maximum atomic E-state index is 12.1. The molecule has 0 heterocycles. The molecule has 0 saturated carbocycles. The standard InChI is InChI=1S/C15H17NO4/c1-3-20-14(18)11-16(2)15(19)13-8-6-12(7-9-13)5-4-10-17/h6-9,17H,3,10-11H2,1-2H3. The van der Waals surface area contributed by atoms with E-state index in [0.29, 0.717) is 17.7 Å². The molecule has 1 aromatic rings. The largest absolute Gasteiger partial charge is 0.465 e. The molecule has 0 radical (unpaired) electrons. The summed E-state index contributed by atoms with van der Waals surface area (Å²) in [5.74, 6) is 4.56. The fourth-order valence-electron chi connectivity index (χ4n) is 1.53. The van der Waals surface area contributed by atoms with E-state index in [4.69, 9.17) is 9.84 Å². The summed E-state index contributed by atoms with van der Waals surface area (Å²) in [5.41, 5.74) is 1.18. The number of ether oxygens (including phenoxy) is 1. The van der Waals surface area contributed by atoms with Crippen LogP contribution in [0.4, 0.5) is 0 Å². The van der Waals surface area contributed by atoms with Gasteiger partial charge < -0.3 is 14.7 Å². The summed E-state index contributed by atoms with van der Waals surface area (Å²) < 4.78 is 4.79. The smallest absolute Gasteiger partial charge is 0.325 e. The van der Waals surface area contributed by atoms with E-state index >= 15 is 0 Å². The lowest BCUT2D eigenvalue weighted by Crippen LogP contribution is -2.33. The van der Waals surface area contributed by atoms with Gasteiger partial charge in [0.05, 0.1) is 6.61 Å². The third-order valence-electron chi connectivity index (χ3n) is 2.46. The molecule has 0 aliphatic heterocycles. The van der Waals surface area contributed by atoms with Gasteiger partial charge in [-0.25, -0.2) is 0 Å². The molecule has 5 heteroatoms. The van der Waals surface area contributed by atoms with E-state index in [0.717, 1.165) is 0 Å². The summed E-state index contributed by atoms with van der Waals surface area (Å²) in [6.45, 7) is 1.71. The van der Waals surface area contributed by atoms with Crippen molar-refractivity contribution >= 4 is 11.9 Å². The number of rotatable bonds is 4. The minimum absolute atomic E-state index is 0.0846. The van der Waals surface area contributed by atoms with Crippen molar-refractivity contribution in [2.24, 2.45) is 0 Å². The van der Waals surface area contributed by atoms with Crippen LogP contribution in [-0.2, 0) is 9.53 Å². The molecule has 1 aromatic carbocycles. The summed E-state index contributed by atoms with van der Waals surface area (Å²) in [5, 5.41) is 8.59. The number of aliphatic hydroxyl groups is 1. The van der Waals surface area contributed by atoms with Crippen LogP contribution >= 0.6 is 0 Å². The molecular formula is C15H17NO4. The van der Waals surface area contributed by atoms with Crippen LogP contribution in [0.25, 0.3) is 0 Å². The maximum Gasteiger partial charge on any atom is 0.325 e. The summed E-state index contributed by atoms with van der Waals surface area (Å²) in [7, 11) is 1.54. The molecule has 0 aliphatic rings. The Bertz CT molecular complexity index is 525. The van der Waals surface area contributed by atoms with E-state index < -0.39 is 5.97 Å². The van der Waals surface area contributed by atoms with Gasteiger partial charge in [0.1, 0.15) is 13.2 Å². The van der Waals surface area contributed by atoms with Crippen molar-refractivity contribution in [1.29, 1.82) is 0 Å². The number of hydrogen-bond acceptors (Lipinski definition) is 4. The zero-order valence-corrected chi connectivity index (χ0v) is 11.5. The molecular weight excluding hydrogens is 258 g/mol. The first-order valence-corrected chi connectivity index (χ1v) is 6.19. The highest BCUT2D eigenvalue weighted by molar-refractivity contribution is 5.95. The van der Waals surface area contributed by atoms with E-state index in [-0.39, 0.29) is 19.1 Å². The predicted octanol–water partition coefficient (Wildman–Crippen LogP) is 0.665. The van der Waals surface area contributed by atoms with E-state index in [9.17, 15) is 9.59 Å². The fourth-order valence-corrected chi connectivity index (χ4v) is 1.53. The maximum absolute atomic E-state index is 12.1. The molecule has 0 aromatic heterocycles. The van der Waals surface area contributed by atoms with Crippen LogP contribution in [0.1, 0.15) is 22.8 Å². The zero-order valence-electron chi connectivity index (χ0n) is 11.5. The molecule has 0 bridgehead atoms. The first-order valence-electron chi connectivity index (χ1n) is 6.19. The highest BCUT2D eigenvalue weighted by Crippen LogP contribution is 2.06. The van der Waals surface area contributed by atoms with Crippen LogP contribution < -0.4 is 0 Å². The predicted molar refractivity (Wildman–Crippen MR) is 74.0 cm³/mol. The number of esters is 1. The van der Waals surface area contributed by atoms with Gasteiger partial charge in [-0.2, -0.15) is 0 Å². The number of nitrogens with zero attached hydrogens (tertiary/aromatic N) is 1. The van der Waals surface area contributed by atoms with Crippen LogP contribution in [0.15, 0.2) is 24.3 Å². The Morgan fingerprint density at radius 3 is 2.50 bits per heavy atom. The van der Waals surface area contributed by atoms with Gasteiger partial charge in [0.15, 0.2) is 0 Å². The molecule has 0 spiro atoms. The molecule has 1 rings (SSSR count). The number of carbonyl (C=O) groups excluding carboxylic acids is 2. The normalized spacial score (nSPS) is 9.35. The number of aliphatic hydroxyl groups excluding tert-OH is 1. The number of carbonyl (C=O) groups is 2. The second kappa shape index (κ2) is 7.97. The summed E-state index contributed by atoms with van der Waals surface area (Å²) in [6.07, 6.45) is 0. The average molecular weight is 275 g/mol. The zero-order chi connectivity index (χ0) is 15.0. The third kappa shape index (κ3) is 4.75. The van der Waals surface area contributed by atoms with Crippen molar-refractivity contribution in [3.63, 3.8) is 0 Å². The Labute approximate surface area is 118 Å². The highest BCUT2D eigenvalue weighted by Gasteiger charge is 2.15. The summed E-state index contributed by atoms with van der Waals surface area (Å²) >= 11 is 0. The molecule has 20 heavy (non-hydrogen) atoms. The SMILES string of the molecule is CCOC(=O)CN(C)C(=O)c1ccc(C#CCO)cc1. The van der Waals surface area contributed by atoms with Gasteiger partial charge in [0.2, 0.25) is 0 Å². The van der Waals surface area contributed by atoms with E-state index in [1.807, 2.05) is 0 Å². The molecule has 0 fully saturated rings. The van der Waals surface area contributed by atoms with Gasteiger partial charge in [-0.3, -0.25) is 9.59 Å². The van der Waals surface area contributed by atoms with Gasteiger partial charge in [0.25, 0.3) is 5.91 Å². The lowest BCUT2D eigenvalue weighted by molar-refractivity contribution is -0.143. The Balaban J connectivity index is 2.69. The van der Waals surface area contributed by atoms with Crippen molar-refractivity contribution in [3.05, 3.63) is 35.4 Å². The molecule has 1 N–H and O–H groups in total. The molecule has 0 atom stereocenters. The van der Waals surface area contributed by atoms with Crippen molar-refractivity contribution in [2.45, 2.75) is 6.92 Å². The molecule has 106 valence electrons. The van der Waals surface area contributed by atoms with Crippen LogP contribution in [0, 0.1) is 11.8 Å². The van der Waals surface area contributed by atoms with Crippen molar-refractivity contribution in [2.75, 3.05) is 26.8 Å². The van der Waals surface area contributed by atoms with Crippen LogP contribution in [-0.4, -0.2) is 48.7 Å². The molecule has 0 aliphatic carbocycles. The number of amides is 1. The Hall–Kier alpha value is -2.32.